The van der Waals surface area contributed by atoms with Crippen molar-refractivity contribution in [2.75, 3.05) is 12.4 Å². The van der Waals surface area contributed by atoms with Crippen LogP contribution in [0.1, 0.15) is 45.1 Å². The average molecular weight is 290 g/mol. The van der Waals surface area contributed by atoms with E-state index in [1.165, 1.54) is 0 Å². The normalized spacial score (nSPS) is 10.5. The predicted octanol–water partition coefficient (Wildman–Crippen LogP) is 3.13. The third-order valence-electron chi connectivity index (χ3n) is 3.51. The third kappa shape index (κ3) is 5.98. The van der Waals surface area contributed by atoms with E-state index in [0.29, 0.717) is 6.42 Å². The lowest BCUT2D eigenvalue weighted by Crippen LogP contribution is -2.22. The first-order valence-corrected chi connectivity index (χ1v) is 7.71. The van der Waals surface area contributed by atoms with Gasteiger partial charge in [-0.15, -0.1) is 0 Å². The number of carbonyl (C=O) groups excluding carboxylic acids is 2. The van der Waals surface area contributed by atoms with Gasteiger partial charge < -0.3 is 10.6 Å². The summed E-state index contributed by atoms with van der Waals surface area (Å²) in [5, 5.41) is 5.56. The van der Waals surface area contributed by atoms with Crippen LogP contribution in [0.4, 0.5) is 5.69 Å². The minimum absolute atomic E-state index is 0.0160. The number of hydrogen-bond acceptors (Lipinski definition) is 2. The largest absolute Gasteiger partial charge is 0.359 e. The van der Waals surface area contributed by atoms with Crippen molar-refractivity contribution < 1.29 is 9.59 Å². The Morgan fingerprint density at radius 2 is 1.62 bits per heavy atom. The molecule has 0 aliphatic carbocycles. The van der Waals surface area contributed by atoms with Crippen LogP contribution in [0.2, 0.25) is 0 Å². The lowest BCUT2D eigenvalue weighted by Gasteiger charge is -2.15. The summed E-state index contributed by atoms with van der Waals surface area (Å²) in [7, 11) is 1.62. The Kier molecular flexibility index (Phi) is 7.51. The van der Waals surface area contributed by atoms with E-state index in [-0.39, 0.29) is 17.7 Å². The molecule has 1 rings (SSSR count). The fraction of sp³-hybridized carbons (Fsp3) is 0.529. The van der Waals surface area contributed by atoms with Gasteiger partial charge in [-0.1, -0.05) is 38.8 Å². The highest BCUT2D eigenvalue weighted by molar-refractivity contribution is 5.92. The highest BCUT2D eigenvalue weighted by Crippen LogP contribution is 2.17. The Balaban J connectivity index is 2.61. The molecule has 116 valence electrons. The second-order valence-corrected chi connectivity index (χ2v) is 5.31. The number of rotatable bonds is 8. The number of hydrogen-bond donors (Lipinski definition) is 2. The highest BCUT2D eigenvalue weighted by atomic mass is 16.2. The van der Waals surface area contributed by atoms with Gasteiger partial charge in [0.2, 0.25) is 11.8 Å². The van der Waals surface area contributed by atoms with Crippen molar-refractivity contribution in [3.8, 4) is 0 Å². The number of nitrogens with one attached hydrogen (secondary N) is 2. The minimum Gasteiger partial charge on any atom is -0.359 e. The lowest BCUT2D eigenvalue weighted by molar-refractivity contribution is -0.121. The summed E-state index contributed by atoms with van der Waals surface area (Å²) in [5.74, 6) is 0.168. The zero-order valence-corrected chi connectivity index (χ0v) is 13.2. The minimum atomic E-state index is -0.0160. The van der Waals surface area contributed by atoms with Gasteiger partial charge in [-0.05, 0) is 30.5 Å². The quantitative estimate of drug-likeness (QED) is 0.773. The molecule has 2 N–H and O–H groups in total. The van der Waals surface area contributed by atoms with Crippen LogP contribution in [0.15, 0.2) is 24.3 Å². The molecule has 4 heteroatoms. The molecular weight excluding hydrogens is 264 g/mol. The molecule has 0 saturated heterocycles. The van der Waals surface area contributed by atoms with Crippen LogP contribution in [0, 0.1) is 5.92 Å². The molecule has 0 aromatic heterocycles. The Morgan fingerprint density at radius 3 is 2.10 bits per heavy atom. The number of likely N-dealkylation sites (N-methyl/N-ethyl adjacent to an activating group) is 1. The second kappa shape index (κ2) is 9.16. The van der Waals surface area contributed by atoms with E-state index in [2.05, 4.69) is 24.5 Å². The monoisotopic (exact) mass is 290 g/mol. The molecule has 4 nitrogen and oxygen atoms in total. The first kappa shape index (κ1) is 17.2. The van der Waals surface area contributed by atoms with E-state index < -0.39 is 0 Å². The predicted molar refractivity (Wildman–Crippen MR) is 86.1 cm³/mol. The molecule has 0 fully saturated rings. The summed E-state index contributed by atoms with van der Waals surface area (Å²) in [6.45, 7) is 4.20. The molecule has 1 aromatic rings. The Hall–Kier alpha value is -1.84. The van der Waals surface area contributed by atoms with Crippen LogP contribution in [0.3, 0.4) is 0 Å². The fourth-order valence-corrected chi connectivity index (χ4v) is 2.33. The third-order valence-corrected chi connectivity index (χ3v) is 3.51. The van der Waals surface area contributed by atoms with Crippen LogP contribution >= 0.6 is 0 Å². The molecule has 0 unspecified atom stereocenters. The van der Waals surface area contributed by atoms with Gasteiger partial charge in [0.15, 0.2) is 0 Å². The fourth-order valence-electron chi connectivity index (χ4n) is 2.33. The number of amides is 2. The molecule has 0 radical (unpaired) electrons. The maximum absolute atomic E-state index is 12.2. The van der Waals surface area contributed by atoms with E-state index >= 15 is 0 Å². The van der Waals surface area contributed by atoms with E-state index in [1.54, 1.807) is 7.05 Å². The van der Waals surface area contributed by atoms with E-state index in [0.717, 1.165) is 36.9 Å². The van der Waals surface area contributed by atoms with Crippen LogP contribution in [-0.4, -0.2) is 18.9 Å². The van der Waals surface area contributed by atoms with Crippen molar-refractivity contribution in [3.05, 3.63) is 29.8 Å². The van der Waals surface area contributed by atoms with E-state index in [4.69, 9.17) is 0 Å². The Bertz CT molecular complexity index is 448. The molecule has 21 heavy (non-hydrogen) atoms. The number of anilines is 1. The van der Waals surface area contributed by atoms with Crippen LogP contribution < -0.4 is 10.6 Å². The van der Waals surface area contributed by atoms with Gasteiger partial charge in [0, 0.05) is 18.7 Å². The van der Waals surface area contributed by atoms with Crippen molar-refractivity contribution in [3.63, 3.8) is 0 Å². The van der Waals surface area contributed by atoms with E-state index in [9.17, 15) is 9.59 Å². The van der Waals surface area contributed by atoms with Crippen LogP contribution in [-0.2, 0) is 16.0 Å². The summed E-state index contributed by atoms with van der Waals surface area (Å²) in [6, 6.07) is 7.45. The SMILES string of the molecule is CCCC(CCC)C(=O)Nc1ccc(CC(=O)NC)cc1. The molecular formula is C17H26N2O2. The van der Waals surface area contributed by atoms with Gasteiger partial charge in [0.25, 0.3) is 0 Å². The summed E-state index contributed by atoms with van der Waals surface area (Å²) in [5.41, 5.74) is 1.73. The van der Waals surface area contributed by atoms with Crippen molar-refractivity contribution in [1.82, 2.24) is 5.32 Å². The van der Waals surface area contributed by atoms with E-state index in [1.807, 2.05) is 24.3 Å². The van der Waals surface area contributed by atoms with Crippen molar-refractivity contribution >= 4 is 17.5 Å². The summed E-state index contributed by atoms with van der Waals surface area (Å²) in [4.78, 5) is 23.5. The van der Waals surface area contributed by atoms with Gasteiger partial charge in [0.1, 0.15) is 0 Å². The standard InChI is InChI=1S/C17H26N2O2/c1-4-6-14(7-5-2)17(21)19-15-10-8-13(9-11-15)12-16(20)18-3/h8-11,14H,4-7,12H2,1-3H3,(H,18,20)(H,19,21). The number of benzene rings is 1. The van der Waals surface area contributed by atoms with Crippen LogP contribution in [0.25, 0.3) is 0 Å². The van der Waals surface area contributed by atoms with Gasteiger partial charge in [-0.3, -0.25) is 9.59 Å². The lowest BCUT2D eigenvalue weighted by atomic mass is 9.97. The highest BCUT2D eigenvalue weighted by Gasteiger charge is 2.16. The number of carbonyl (C=O) groups is 2. The maximum atomic E-state index is 12.2. The maximum Gasteiger partial charge on any atom is 0.227 e. The Morgan fingerprint density at radius 1 is 1.05 bits per heavy atom. The molecule has 2 amide bonds. The molecule has 1 aromatic carbocycles. The molecule has 0 bridgehead atoms. The zero-order valence-electron chi connectivity index (χ0n) is 13.2. The van der Waals surface area contributed by atoms with Crippen molar-refractivity contribution in [2.24, 2.45) is 5.92 Å². The summed E-state index contributed by atoms with van der Waals surface area (Å²) < 4.78 is 0. The average Bonchev–Trinajstić information content (AvgIpc) is 2.48. The summed E-state index contributed by atoms with van der Waals surface area (Å²) in [6.07, 6.45) is 4.24. The van der Waals surface area contributed by atoms with Crippen LogP contribution in [0.5, 0.6) is 0 Å². The molecule has 0 spiro atoms. The van der Waals surface area contributed by atoms with Gasteiger partial charge in [-0.2, -0.15) is 0 Å². The first-order chi connectivity index (χ1) is 10.1. The molecule has 0 atom stereocenters. The second-order valence-electron chi connectivity index (χ2n) is 5.31. The molecule has 0 aliphatic heterocycles. The topological polar surface area (TPSA) is 58.2 Å². The van der Waals surface area contributed by atoms with Crippen molar-refractivity contribution in [2.45, 2.75) is 46.0 Å². The van der Waals surface area contributed by atoms with Gasteiger partial charge in [-0.25, -0.2) is 0 Å². The summed E-state index contributed by atoms with van der Waals surface area (Å²) >= 11 is 0. The Labute approximate surface area is 127 Å². The van der Waals surface area contributed by atoms with Gasteiger partial charge >= 0.3 is 0 Å². The molecule has 0 heterocycles. The smallest absolute Gasteiger partial charge is 0.227 e. The molecule has 0 aliphatic rings. The van der Waals surface area contributed by atoms with Gasteiger partial charge in [0.05, 0.1) is 6.42 Å². The molecule has 0 saturated carbocycles. The van der Waals surface area contributed by atoms with Crippen molar-refractivity contribution in [1.29, 1.82) is 0 Å². The zero-order chi connectivity index (χ0) is 15.7. The first-order valence-electron chi connectivity index (χ1n) is 7.71.